The molecule has 1 fully saturated rings. The summed E-state index contributed by atoms with van der Waals surface area (Å²) in [6.07, 6.45) is 0.502. The Balaban J connectivity index is 2.30. The number of nitriles is 1. The molecule has 0 bridgehead atoms. The summed E-state index contributed by atoms with van der Waals surface area (Å²) in [5.41, 5.74) is 0. The minimum Gasteiger partial charge on any atom is -0.348 e. The third kappa shape index (κ3) is 4.40. The van der Waals surface area contributed by atoms with Crippen molar-refractivity contribution >= 4 is 21.7 Å². The van der Waals surface area contributed by atoms with Crippen molar-refractivity contribution in [2.45, 2.75) is 6.42 Å². The number of carbonyl (C=O) groups is 2. The minimum atomic E-state index is -2.97. The largest absolute Gasteiger partial charge is 0.348 e. The van der Waals surface area contributed by atoms with E-state index < -0.39 is 21.7 Å². The van der Waals surface area contributed by atoms with Gasteiger partial charge in [0.25, 0.3) is 0 Å². The van der Waals surface area contributed by atoms with Crippen LogP contribution in [0.2, 0.25) is 0 Å². The Morgan fingerprint density at radius 3 is 2.47 bits per heavy atom. The van der Waals surface area contributed by atoms with Gasteiger partial charge in [0.1, 0.15) is 6.54 Å². The predicted octanol–water partition coefficient (Wildman–Crippen LogP) is -1.82. The molecule has 1 aliphatic rings. The van der Waals surface area contributed by atoms with E-state index in [9.17, 15) is 18.0 Å². The summed E-state index contributed by atoms with van der Waals surface area (Å²) in [5, 5.41) is 12.6. The maximum absolute atomic E-state index is 11.2. The van der Waals surface area contributed by atoms with Crippen molar-refractivity contribution < 1.29 is 18.0 Å². The molecule has 94 valence electrons. The van der Waals surface area contributed by atoms with Crippen LogP contribution >= 0.6 is 0 Å². The summed E-state index contributed by atoms with van der Waals surface area (Å²) in [4.78, 5) is 22.2. The molecule has 8 heteroatoms. The minimum absolute atomic E-state index is 0.0487. The average molecular weight is 259 g/mol. The quantitative estimate of drug-likeness (QED) is 0.457. The first-order valence-electron chi connectivity index (χ1n) is 5.08. The molecule has 17 heavy (non-hydrogen) atoms. The lowest BCUT2D eigenvalue weighted by Crippen LogP contribution is -2.41. The van der Waals surface area contributed by atoms with Crippen LogP contribution in [0, 0.1) is 17.2 Å². The van der Waals surface area contributed by atoms with E-state index in [1.54, 1.807) is 6.07 Å². The standard InChI is InChI=1S/C9H13N3O4S/c10-2-3-11-8(13)9(14)12-5-7-1-4-17(15,16)6-7/h7H,1,3-6H2,(H,11,13)(H,12,14). The number of hydrogen-bond donors (Lipinski definition) is 2. The number of amides is 2. The molecule has 1 unspecified atom stereocenters. The van der Waals surface area contributed by atoms with Gasteiger partial charge in [0, 0.05) is 6.54 Å². The van der Waals surface area contributed by atoms with E-state index in [-0.39, 0.29) is 30.5 Å². The molecule has 0 aliphatic carbocycles. The fourth-order valence-corrected chi connectivity index (χ4v) is 3.41. The van der Waals surface area contributed by atoms with Crippen molar-refractivity contribution in [1.29, 1.82) is 5.26 Å². The highest BCUT2D eigenvalue weighted by atomic mass is 32.2. The second-order valence-corrected chi connectivity index (χ2v) is 6.05. The average Bonchev–Trinajstić information content (AvgIpc) is 2.62. The Kier molecular flexibility index (Phi) is 4.45. The first-order chi connectivity index (χ1) is 7.94. The molecule has 0 aromatic heterocycles. The number of nitrogens with one attached hydrogen (secondary N) is 2. The SMILES string of the molecule is N#CCNC(=O)C(=O)NCC1CCS(=O)(=O)C1. The van der Waals surface area contributed by atoms with Crippen LogP contribution in [-0.4, -0.2) is 44.8 Å². The van der Waals surface area contributed by atoms with E-state index in [1.165, 1.54) is 0 Å². The van der Waals surface area contributed by atoms with Gasteiger partial charge < -0.3 is 10.6 Å². The zero-order valence-electron chi connectivity index (χ0n) is 9.10. The van der Waals surface area contributed by atoms with E-state index >= 15 is 0 Å². The van der Waals surface area contributed by atoms with Gasteiger partial charge in [0.15, 0.2) is 9.84 Å². The molecule has 2 N–H and O–H groups in total. The van der Waals surface area contributed by atoms with Crippen molar-refractivity contribution in [3.63, 3.8) is 0 Å². The summed E-state index contributed by atoms with van der Waals surface area (Å²) < 4.78 is 22.3. The molecule has 0 aromatic rings. The fourth-order valence-electron chi connectivity index (χ4n) is 1.55. The lowest BCUT2D eigenvalue weighted by Gasteiger charge is -2.08. The van der Waals surface area contributed by atoms with Crippen molar-refractivity contribution in [2.24, 2.45) is 5.92 Å². The second-order valence-electron chi connectivity index (χ2n) is 3.82. The van der Waals surface area contributed by atoms with Gasteiger partial charge in [-0.2, -0.15) is 5.26 Å². The number of nitrogens with zero attached hydrogens (tertiary/aromatic N) is 1. The predicted molar refractivity (Wildman–Crippen MR) is 58.4 cm³/mol. The van der Waals surface area contributed by atoms with E-state index in [4.69, 9.17) is 5.26 Å². The van der Waals surface area contributed by atoms with Gasteiger partial charge in [-0.1, -0.05) is 0 Å². The third-order valence-corrected chi connectivity index (χ3v) is 4.25. The summed E-state index contributed by atoms with van der Waals surface area (Å²) in [6.45, 7) is -0.0674. The summed E-state index contributed by atoms with van der Waals surface area (Å²) in [6, 6.07) is 1.67. The van der Waals surface area contributed by atoms with Crippen LogP contribution in [-0.2, 0) is 19.4 Å². The Bertz CT molecular complexity index is 451. The molecule has 7 nitrogen and oxygen atoms in total. The molecule has 1 heterocycles. The van der Waals surface area contributed by atoms with Crippen LogP contribution in [0.25, 0.3) is 0 Å². The Morgan fingerprint density at radius 1 is 1.29 bits per heavy atom. The maximum Gasteiger partial charge on any atom is 0.310 e. The number of rotatable bonds is 3. The van der Waals surface area contributed by atoms with E-state index in [0.717, 1.165) is 0 Å². The Labute approximate surface area is 99.1 Å². The monoisotopic (exact) mass is 259 g/mol. The molecule has 1 atom stereocenters. The highest BCUT2D eigenvalue weighted by Crippen LogP contribution is 2.17. The van der Waals surface area contributed by atoms with Gasteiger partial charge in [-0.3, -0.25) is 9.59 Å². The van der Waals surface area contributed by atoms with Crippen molar-refractivity contribution in [1.82, 2.24) is 10.6 Å². The van der Waals surface area contributed by atoms with E-state index in [0.29, 0.717) is 6.42 Å². The molecular weight excluding hydrogens is 246 g/mol. The van der Waals surface area contributed by atoms with Crippen LogP contribution in [0.3, 0.4) is 0 Å². The molecule has 0 spiro atoms. The number of carbonyl (C=O) groups excluding carboxylic acids is 2. The topological polar surface area (TPSA) is 116 Å². The van der Waals surface area contributed by atoms with Gasteiger partial charge in [-0.05, 0) is 12.3 Å². The smallest absolute Gasteiger partial charge is 0.310 e. The highest BCUT2D eigenvalue weighted by Gasteiger charge is 2.28. The van der Waals surface area contributed by atoms with Crippen LogP contribution in [0.1, 0.15) is 6.42 Å². The van der Waals surface area contributed by atoms with Crippen LogP contribution in [0.5, 0.6) is 0 Å². The zero-order valence-corrected chi connectivity index (χ0v) is 9.92. The number of hydrogen-bond acceptors (Lipinski definition) is 5. The van der Waals surface area contributed by atoms with Crippen LogP contribution in [0.15, 0.2) is 0 Å². The molecule has 1 aliphatic heterocycles. The molecule has 0 aromatic carbocycles. The van der Waals surface area contributed by atoms with E-state index in [2.05, 4.69) is 10.6 Å². The van der Waals surface area contributed by atoms with Gasteiger partial charge >= 0.3 is 11.8 Å². The molecule has 1 saturated heterocycles. The molecule has 1 rings (SSSR count). The third-order valence-electron chi connectivity index (χ3n) is 2.41. The molecule has 0 saturated carbocycles. The van der Waals surface area contributed by atoms with Gasteiger partial charge in [0.05, 0.1) is 17.6 Å². The second kappa shape index (κ2) is 5.63. The maximum atomic E-state index is 11.2. The van der Waals surface area contributed by atoms with Crippen molar-refractivity contribution in [2.75, 3.05) is 24.6 Å². The number of sulfone groups is 1. The zero-order chi connectivity index (χ0) is 12.9. The normalized spacial score (nSPS) is 21.5. The lowest BCUT2D eigenvalue weighted by molar-refractivity contribution is -0.139. The highest BCUT2D eigenvalue weighted by molar-refractivity contribution is 7.91. The van der Waals surface area contributed by atoms with Gasteiger partial charge in [-0.15, -0.1) is 0 Å². The van der Waals surface area contributed by atoms with E-state index in [1.807, 2.05) is 0 Å². The van der Waals surface area contributed by atoms with Gasteiger partial charge in [0.2, 0.25) is 0 Å². The fraction of sp³-hybridized carbons (Fsp3) is 0.667. The van der Waals surface area contributed by atoms with Crippen molar-refractivity contribution in [3.05, 3.63) is 0 Å². The summed E-state index contributed by atoms with van der Waals surface area (Å²) in [7, 11) is -2.97. The summed E-state index contributed by atoms with van der Waals surface area (Å²) >= 11 is 0. The van der Waals surface area contributed by atoms with Gasteiger partial charge in [-0.25, -0.2) is 8.42 Å². The van der Waals surface area contributed by atoms with Crippen LogP contribution < -0.4 is 10.6 Å². The Hall–Kier alpha value is -1.62. The molecule has 0 radical (unpaired) electrons. The van der Waals surface area contributed by atoms with Crippen molar-refractivity contribution in [3.8, 4) is 6.07 Å². The first-order valence-corrected chi connectivity index (χ1v) is 6.90. The first kappa shape index (κ1) is 13.4. The summed E-state index contributed by atoms with van der Waals surface area (Å²) in [5.74, 6) is -1.67. The molecular formula is C9H13N3O4S. The Morgan fingerprint density at radius 2 is 1.94 bits per heavy atom. The lowest BCUT2D eigenvalue weighted by atomic mass is 10.1. The molecule has 2 amide bonds. The van der Waals surface area contributed by atoms with Crippen LogP contribution in [0.4, 0.5) is 0 Å².